The van der Waals surface area contributed by atoms with Crippen LogP contribution in [0.25, 0.3) is 0 Å². The van der Waals surface area contributed by atoms with E-state index < -0.39 is 0 Å². The highest BCUT2D eigenvalue weighted by Gasteiger charge is 2.12. The summed E-state index contributed by atoms with van der Waals surface area (Å²) in [7, 11) is 1.60. The van der Waals surface area contributed by atoms with Gasteiger partial charge in [0.2, 0.25) is 5.88 Å². The SMILES string of the molecule is COc1ncccc1C(N)Cc1ccncc1. The van der Waals surface area contributed by atoms with E-state index in [1.807, 2.05) is 24.3 Å². The number of methoxy groups -OCH3 is 1. The van der Waals surface area contributed by atoms with E-state index in [-0.39, 0.29) is 6.04 Å². The molecule has 2 N–H and O–H groups in total. The van der Waals surface area contributed by atoms with E-state index in [0.717, 1.165) is 17.5 Å². The first-order chi connectivity index (χ1) is 8.31. The summed E-state index contributed by atoms with van der Waals surface area (Å²) in [6.45, 7) is 0. The predicted octanol–water partition coefficient (Wildman–Crippen LogP) is 1.73. The molecule has 1 unspecified atom stereocenters. The van der Waals surface area contributed by atoms with Gasteiger partial charge in [0.1, 0.15) is 0 Å². The molecule has 0 fully saturated rings. The molecule has 4 heteroatoms. The molecule has 0 aliphatic heterocycles. The molecule has 0 spiro atoms. The minimum Gasteiger partial charge on any atom is -0.481 e. The Morgan fingerprint density at radius 2 is 2.00 bits per heavy atom. The molecule has 88 valence electrons. The van der Waals surface area contributed by atoms with Crippen LogP contribution in [0.5, 0.6) is 5.88 Å². The molecule has 1 atom stereocenters. The summed E-state index contributed by atoms with van der Waals surface area (Å²) in [6, 6.07) is 7.61. The van der Waals surface area contributed by atoms with Crippen LogP contribution >= 0.6 is 0 Å². The van der Waals surface area contributed by atoms with Crippen molar-refractivity contribution in [2.75, 3.05) is 7.11 Å². The zero-order chi connectivity index (χ0) is 12.1. The number of hydrogen-bond donors (Lipinski definition) is 1. The molecule has 0 bridgehead atoms. The molecular formula is C13H15N3O. The van der Waals surface area contributed by atoms with Gasteiger partial charge in [-0.1, -0.05) is 6.07 Å². The number of nitrogens with two attached hydrogens (primary N) is 1. The summed E-state index contributed by atoms with van der Waals surface area (Å²) in [5, 5.41) is 0. The molecule has 2 aromatic heterocycles. The smallest absolute Gasteiger partial charge is 0.217 e. The molecule has 4 nitrogen and oxygen atoms in total. The Labute approximate surface area is 100 Å². The van der Waals surface area contributed by atoms with E-state index in [0.29, 0.717) is 5.88 Å². The van der Waals surface area contributed by atoms with Gasteiger partial charge in [-0.3, -0.25) is 4.98 Å². The van der Waals surface area contributed by atoms with Crippen molar-refractivity contribution in [1.82, 2.24) is 9.97 Å². The lowest BCUT2D eigenvalue weighted by molar-refractivity contribution is 0.388. The summed E-state index contributed by atoms with van der Waals surface area (Å²) in [5.41, 5.74) is 8.24. The summed E-state index contributed by atoms with van der Waals surface area (Å²) in [4.78, 5) is 8.13. The second-order valence-corrected chi connectivity index (χ2v) is 3.77. The molecule has 0 saturated carbocycles. The molecule has 0 aliphatic rings. The van der Waals surface area contributed by atoms with Crippen LogP contribution in [0, 0.1) is 0 Å². The van der Waals surface area contributed by atoms with Crippen LogP contribution in [0.4, 0.5) is 0 Å². The van der Waals surface area contributed by atoms with Crippen LogP contribution in [0.1, 0.15) is 17.2 Å². The highest BCUT2D eigenvalue weighted by atomic mass is 16.5. The topological polar surface area (TPSA) is 61.0 Å². The summed E-state index contributed by atoms with van der Waals surface area (Å²) >= 11 is 0. The second-order valence-electron chi connectivity index (χ2n) is 3.77. The third-order valence-corrected chi connectivity index (χ3v) is 2.60. The van der Waals surface area contributed by atoms with Gasteiger partial charge < -0.3 is 10.5 Å². The average Bonchev–Trinajstić information content (AvgIpc) is 2.40. The molecule has 0 aliphatic carbocycles. The third kappa shape index (κ3) is 2.79. The van der Waals surface area contributed by atoms with Crippen LogP contribution in [0.15, 0.2) is 42.9 Å². The van der Waals surface area contributed by atoms with Crippen LogP contribution in [0.3, 0.4) is 0 Å². The fourth-order valence-corrected chi connectivity index (χ4v) is 1.74. The van der Waals surface area contributed by atoms with E-state index >= 15 is 0 Å². The Bertz CT molecular complexity index is 473. The minimum absolute atomic E-state index is 0.124. The first-order valence-electron chi connectivity index (χ1n) is 5.44. The second kappa shape index (κ2) is 5.41. The van der Waals surface area contributed by atoms with Gasteiger partial charge in [0.05, 0.1) is 7.11 Å². The van der Waals surface area contributed by atoms with E-state index in [1.54, 1.807) is 25.7 Å². The zero-order valence-electron chi connectivity index (χ0n) is 9.71. The largest absolute Gasteiger partial charge is 0.481 e. The Balaban J connectivity index is 2.17. The normalized spacial score (nSPS) is 12.1. The van der Waals surface area contributed by atoms with Gasteiger partial charge >= 0.3 is 0 Å². The molecule has 0 aromatic carbocycles. The lowest BCUT2D eigenvalue weighted by Gasteiger charge is -2.14. The first kappa shape index (κ1) is 11.5. The van der Waals surface area contributed by atoms with Crippen LogP contribution < -0.4 is 10.5 Å². The van der Waals surface area contributed by atoms with Gasteiger partial charge in [-0.05, 0) is 30.2 Å². The standard InChI is InChI=1S/C13H15N3O/c1-17-13-11(3-2-6-16-13)12(14)9-10-4-7-15-8-5-10/h2-8,12H,9,14H2,1H3. The lowest BCUT2D eigenvalue weighted by atomic mass is 10.0. The fourth-order valence-electron chi connectivity index (χ4n) is 1.74. The Hall–Kier alpha value is -1.94. The highest BCUT2D eigenvalue weighted by Crippen LogP contribution is 2.23. The third-order valence-electron chi connectivity index (χ3n) is 2.60. The van der Waals surface area contributed by atoms with E-state index in [4.69, 9.17) is 10.5 Å². The molecule has 0 radical (unpaired) electrons. The quantitative estimate of drug-likeness (QED) is 0.867. The van der Waals surface area contributed by atoms with Crippen molar-refractivity contribution in [3.63, 3.8) is 0 Å². The Morgan fingerprint density at radius 1 is 1.24 bits per heavy atom. The highest BCUT2D eigenvalue weighted by molar-refractivity contribution is 5.30. The lowest BCUT2D eigenvalue weighted by Crippen LogP contribution is -2.15. The molecule has 2 aromatic rings. The molecule has 17 heavy (non-hydrogen) atoms. The van der Waals surface area contributed by atoms with Gasteiger partial charge in [-0.25, -0.2) is 4.98 Å². The van der Waals surface area contributed by atoms with Gasteiger partial charge in [0.25, 0.3) is 0 Å². The van der Waals surface area contributed by atoms with Crippen molar-refractivity contribution in [2.24, 2.45) is 5.73 Å². The monoisotopic (exact) mass is 229 g/mol. The predicted molar refractivity (Wildman–Crippen MR) is 65.7 cm³/mol. The maximum Gasteiger partial charge on any atom is 0.217 e. The molecule has 0 amide bonds. The zero-order valence-corrected chi connectivity index (χ0v) is 9.71. The maximum absolute atomic E-state index is 6.16. The number of hydrogen-bond acceptors (Lipinski definition) is 4. The van der Waals surface area contributed by atoms with Crippen LogP contribution in [-0.2, 0) is 6.42 Å². The molecule has 2 rings (SSSR count). The Morgan fingerprint density at radius 3 is 2.71 bits per heavy atom. The summed E-state index contributed by atoms with van der Waals surface area (Å²) in [5.74, 6) is 0.592. The van der Waals surface area contributed by atoms with Crippen molar-refractivity contribution < 1.29 is 4.74 Å². The van der Waals surface area contributed by atoms with Gasteiger partial charge in [0, 0.05) is 30.2 Å². The summed E-state index contributed by atoms with van der Waals surface area (Å²) < 4.78 is 5.20. The van der Waals surface area contributed by atoms with Crippen molar-refractivity contribution >= 4 is 0 Å². The molecule has 2 heterocycles. The summed E-state index contributed by atoms with van der Waals surface area (Å²) in [6.07, 6.45) is 5.97. The van der Waals surface area contributed by atoms with E-state index in [1.165, 1.54) is 0 Å². The molecule has 0 saturated heterocycles. The van der Waals surface area contributed by atoms with Gasteiger partial charge in [0.15, 0.2) is 0 Å². The van der Waals surface area contributed by atoms with Crippen molar-refractivity contribution in [3.8, 4) is 5.88 Å². The maximum atomic E-state index is 6.16. The Kier molecular flexibility index (Phi) is 3.67. The average molecular weight is 229 g/mol. The first-order valence-corrected chi connectivity index (χ1v) is 5.44. The van der Waals surface area contributed by atoms with Crippen LogP contribution in [0.2, 0.25) is 0 Å². The number of nitrogens with zero attached hydrogens (tertiary/aromatic N) is 2. The van der Waals surface area contributed by atoms with Crippen LogP contribution in [-0.4, -0.2) is 17.1 Å². The molecular weight excluding hydrogens is 214 g/mol. The number of pyridine rings is 2. The van der Waals surface area contributed by atoms with Gasteiger partial charge in [-0.15, -0.1) is 0 Å². The number of rotatable bonds is 4. The minimum atomic E-state index is -0.124. The number of aromatic nitrogens is 2. The van der Waals surface area contributed by atoms with E-state index in [2.05, 4.69) is 9.97 Å². The van der Waals surface area contributed by atoms with Crippen molar-refractivity contribution in [1.29, 1.82) is 0 Å². The number of ether oxygens (including phenoxy) is 1. The van der Waals surface area contributed by atoms with Gasteiger partial charge in [-0.2, -0.15) is 0 Å². The fraction of sp³-hybridized carbons (Fsp3) is 0.231. The van der Waals surface area contributed by atoms with Crippen molar-refractivity contribution in [3.05, 3.63) is 54.0 Å². The van der Waals surface area contributed by atoms with E-state index in [9.17, 15) is 0 Å². The van der Waals surface area contributed by atoms with Crippen molar-refractivity contribution in [2.45, 2.75) is 12.5 Å².